The van der Waals surface area contributed by atoms with E-state index < -0.39 is 0 Å². The van der Waals surface area contributed by atoms with Gasteiger partial charge in [-0.15, -0.1) is 10.2 Å². The van der Waals surface area contributed by atoms with Gasteiger partial charge in [0.25, 0.3) is 0 Å². The normalized spacial score (nSPS) is 17.7. The summed E-state index contributed by atoms with van der Waals surface area (Å²) in [7, 11) is 0. The van der Waals surface area contributed by atoms with E-state index in [0.29, 0.717) is 5.92 Å². The molecule has 1 saturated heterocycles. The van der Waals surface area contributed by atoms with Crippen LogP contribution in [0.25, 0.3) is 0 Å². The summed E-state index contributed by atoms with van der Waals surface area (Å²) in [5.74, 6) is 1.20. The van der Waals surface area contributed by atoms with E-state index in [1.807, 2.05) is 6.07 Å². The number of nitrogens with one attached hydrogen (secondary N) is 1. The van der Waals surface area contributed by atoms with E-state index >= 15 is 0 Å². The molecule has 1 N–H and O–H groups in total. The fourth-order valence-electron chi connectivity index (χ4n) is 3.90. The molecule has 4 rings (SSSR count). The van der Waals surface area contributed by atoms with Crippen molar-refractivity contribution in [3.8, 4) is 0 Å². The van der Waals surface area contributed by atoms with Crippen LogP contribution in [0, 0.1) is 0 Å². The molecule has 2 heterocycles. The van der Waals surface area contributed by atoms with Gasteiger partial charge in [-0.05, 0) is 42.3 Å². The van der Waals surface area contributed by atoms with Crippen molar-refractivity contribution in [2.45, 2.75) is 37.6 Å². The molecule has 1 aliphatic heterocycles. The summed E-state index contributed by atoms with van der Waals surface area (Å²) in [6.07, 6.45) is 1.99. The van der Waals surface area contributed by atoms with Gasteiger partial charge in [0.1, 0.15) is 0 Å². The highest BCUT2D eigenvalue weighted by atomic mass is 15.6. The fraction of sp³-hybridized carbons (Fsp3) is 0.381. The molecule has 5 heteroatoms. The van der Waals surface area contributed by atoms with Crippen molar-refractivity contribution in [1.82, 2.24) is 25.5 Å². The molecule has 0 radical (unpaired) electrons. The zero-order chi connectivity index (χ0) is 17.8. The Morgan fingerprint density at radius 3 is 2.35 bits per heavy atom. The Bertz CT molecular complexity index is 822. The molecule has 1 aliphatic rings. The molecule has 1 atom stereocenters. The Balaban J connectivity index is 1.61. The van der Waals surface area contributed by atoms with E-state index in [1.54, 1.807) is 4.80 Å². The molecule has 0 amide bonds. The second kappa shape index (κ2) is 7.38. The average molecular weight is 347 g/mol. The van der Waals surface area contributed by atoms with Crippen LogP contribution >= 0.6 is 0 Å². The van der Waals surface area contributed by atoms with Crippen LogP contribution in [0.3, 0.4) is 0 Å². The smallest absolute Gasteiger partial charge is 0.185 e. The number of nitrogens with zero attached hydrogens (tertiary/aromatic N) is 4. The van der Waals surface area contributed by atoms with Gasteiger partial charge in [0.15, 0.2) is 5.82 Å². The SMILES string of the molecule is CC(Cn1nnc(C2(c3ccccc3)CCNCC2)n1)c1ccccc1. The van der Waals surface area contributed by atoms with Gasteiger partial charge in [-0.25, -0.2) is 0 Å². The predicted octanol–water partition coefficient (Wildman–Crippen LogP) is 3.15. The molecular formula is C21H25N5. The van der Waals surface area contributed by atoms with Crippen molar-refractivity contribution in [1.29, 1.82) is 0 Å². The lowest BCUT2D eigenvalue weighted by Crippen LogP contribution is -2.41. The van der Waals surface area contributed by atoms with Gasteiger partial charge < -0.3 is 5.32 Å². The van der Waals surface area contributed by atoms with Gasteiger partial charge in [0, 0.05) is 5.92 Å². The number of piperidine rings is 1. The molecule has 5 nitrogen and oxygen atoms in total. The third-order valence-electron chi connectivity index (χ3n) is 5.47. The highest BCUT2D eigenvalue weighted by Gasteiger charge is 2.39. The topological polar surface area (TPSA) is 55.6 Å². The average Bonchev–Trinajstić information content (AvgIpc) is 3.19. The first-order chi connectivity index (χ1) is 12.8. The van der Waals surface area contributed by atoms with E-state index in [1.165, 1.54) is 11.1 Å². The van der Waals surface area contributed by atoms with Crippen LogP contribution in [0.1, 0.15) is 42.6 Å². The molecular weight excluding hydrogens is 322 g/mol. The minimum atomic E-state index is -0.138. The summed E-state index contributed by atoms with van der Waals surface area (Å²) in [6.45, 7) is 4.89. The second-order valence-corrected chi connectivity index (χ2v) is 7.18. The number of tetrazole rings is 1. The Hall–Kier alpha value is -2.53. The number of benzene rings is 2. The molecule has 3 aromatic rings. The van der Waals surface area contributed by atoms with Gasteiger partial charge in [-0.1, -0.05) is 67.6 Å². The first-order valence-corrected chi connectivity index (χ1v) is 9.37. The quantitative estimate of drug-likeness (QED) is 0.770. The van der Waals surface area contributed by atoms with Crippen LogP contribution in [0.2, 0.25) is 0 Å². The molecule has 2 aromatic carbocycles. The minimum Gasteiger partial charge on any atom is -0.317 e. The molecule has 1 unspecified atom stereocenters. The Morgan fingerprint density at radius 1 is 1.00 bits per heavy atom. The largest absolute Gasteiger partial charge is 0.317 e. The summed E-state index contributed by atoms with van der Waals surface area (Å²) in [4.78, 5) is 1.76. The number of hydrogen-bond donors (Lipinski definition) is 1. The van der Waals surface area contributed by atoms with Crippen LogP contribution in [-0.4, -0.2) is 33.3 Å². The van der Waals surface area contributed by atoms with Crippen molar-refractivity contribution >= 4 is 0 Å². The van der Waals surface area contributed by atoms with E-state index in [-0.39, 0.29) is 5.41 Å². The maximum Gasteiger partial charge on any atom is 0.185 e. The molecule has 0 bridgehead atoms. The summed E-state index contributed by atoms with van der Waals surface area (Å²) < 4.78 is 0. The van der Waals surface area contributed by atoms with Crippen molar-refractivity contribution in [3.63, 3.8) is 0 Å². The standard InChI is InChI=1S/C21H25N5/c1-17(18-8-4-2-5-9-18)16-26-24-20(23-25-26)21(12-14-22-15-13-21)19-10-6-3-7-11-19/h2-11,17,22H,12-16H2,1H3. The zero-order valence-electron chi connectivity index (χ0n) is 15.2. The van der Waals surface area contributed by atoms with Crippen LogP contribution < -0.4 is 5.32 Å². The first kappa shape index (κ1) is 16.9. The summed E-state index contributed by atoms with van der Waals surface area (Å²) in [5, 5.41) is 17.1. The lowest BCUT2D eigenvalue weighted by atomic mass is 9.72. The Kier molecular flexibility index (Phi) is 4.80. The monoisotopic (exact) mass is 347 g/mol. The lowest BCUT2D eigenvalue weighted by molar-refractivity contribution is 0.343. The van der Waals surface area contributed by atoms with E-state index in [2.05, 4.69) is 77.1 Å². The van der Waals surface area contributed by atoms with Crippen LogP contribution in [-0.2, 0) is 12.0 Å². The number of aromatic nitrogens is 4. The third-order valence-corrected chi connectivity index (χ3v) is 5.47. The Labute approximate surface area is 154 Å². The van der Waals surface area contributed by atoms with Gasteiger partial charge in [0.2, 0.25) is 0 Å². The number of hydrogen-bond acceptors (Lipinski definition) is 4. The Morgan fingerprint density at radius 2 is 1.65 bits per heavy atom. The zero-order valence-corrected chi connectivity index (χ0v) is 15.2. The van der Waals surface area contributed by atoms with Gasteiger partial charge >= 0.3 is 0 Å². The van der Waals surface area contributed by atoms with Crippen LogP contribution in [0.4, 0.5) is 0 Å². The molecule has 0 aliphatic carbocycles. The fourth-order valence-corrected chi connectivity index (χ4v) is 3.90. The van der Waals surface area contributed by atoms with Crippen LogP contribution in [0.15, 0.2) is 60.7 Å². The molecule has 0 saturated carbocycles. The first-order valence-electron chi connectivity index (χ1n) is 9.37. The second-order valence-electron chi connectivity index (χ2n) is 7.18. The predicted molar refractivity (Wildman–Crippen MR) is 102 cm³/mol. The molecule has 1 aromatic heterocycles. The van der Waals surface area contributed by atoms with E-state index in [0.717, 1.165) is 38.3 Å². The maximum atomic E-state index is 4.81. The van der Waals surface area contributed by atoms with E-state index in [9.17, 15) is 0 Å². The van der Waals surface area contributed by atoms with Crippen molar-refractivity contribution in [2.24, 2.45) is 0 Å². The van der Waals surface area contributed by atoms with Crippen LogP contribution in [0.5, 0.6) is 0 Å². The third kappa shape index (κ3) is 3.27. The molecule has 134 valence electrons. The molecule has 1 fully saturated rings. The highest BCUT2D eigenvalue weighted by molar-refractivity contribution is 5.33. The summed E-state index contributed by atoms with van der Waals surface area (Å²) in [6, 6.07) is 21.1. The highest BCUT2D eigenvalue weighted by Crippen LogP contribution is 2.37. The minimum absolute atomic E-state index is 0.138. The summed E-state index contributed by atoms with van der Waals surface area (Å²) in [5.41, 5.74) is 2.45. The number of rotatable bonds is 5. The molecule has 0 spiro atoms. The van der Waals surface area contributed by atoms with Crippen molar-refractivity contribution in [3.05, 3.63) is 77.6 Å². The van der Waals surface area contributed by atoms with Gasteiger partial charge in [0.05, 0.1) is 12.0 Å². The van der Waals surface area contributed by atoms with Crippen molar-refractivity contribution in [2.75, 3.05) is 13.1 Å². The van der Waals surface area contributed by atoms with Gasteiger partial charge in [-0.3, -0.25) is 0 Å². The summed E-state index contributed by atoms with van der Waals surface area (Å²) >= 11 is 0. The maximum absolute atomic E-state index is 4.81. The van der Waals surface area contributed by atoms with E-state index in [4.69, 9.17) is 5.10 Å². The van der Waals surface area contributed by atoms with Gasteiger partial charge in [-0.2, -0.15) is 4.80 Å². The van der Waals surface area contributed by atoms with Crippen molar-refractivity contribution < 1.29 is 0 Å². The molecule has 26 heavy (non-hydrogen) atoms. The lowest BCUT2D eigenvalue weighted by Gasteiger charge is -2.35.